The Labute approximate surface area is 169 Å². The molecule has 0 atom stereocenters. The summed E-state index contributed by atoms with van der Waals surface area (Å²) in [5.41, 5.74) is 1.33. The number of rotatable bonds is 1. The van der Waals surface area contributed by atoms with E-state index in [1.807, 2.05) is 18.2 Å². The molecule has 0 fully saturated rings. The number of fused-ring (bicyclic) bond motifs is 1. The van der Waals surface area contributed by atoms with E-state index in [0.29, 0.717) is 18.4 Å². The van der Waals surface area contributed by atoms with Crippen molar-refractivity contribution in [3.05, 3.63) is 47.6 Å². The van der Waals surface area contributed by atoms with Gasteiger partial charge in [-0.15, -0.1) is 0 Å². The number of nitrogens with zero attached hydrogens (tertiary/aromatic N) is 1. The lowest BCUT2D eigenvalue weighted by atomic mass is 9.99. The zero-order chi connectivity index (χ0) is 21.6. The Morgan fingerprint density at radius 3 is 2.48 bits per heavy atom. The number of aliphatic hydroxyl groups excluding tert-OH is 1. The van der Waals surface area contributed by atoms with Crippen molar-refractivity contribution in [2.45, 2.75) is 25.7 Å². The average molecular weight is 405 g/mol. The zero-order valence-electron chi connectivity index (χ0n) is 16.6. The van der Waals surface area contributed by atoms with Crippen LogP contribution in [0.15, 0.2) is 41.4 Å². The average Bonchev–Trinajstić information content (AvgIpc) is 2.70. The van der Waals surface area contributed by atoms with Gasteiger partial charge >= 0.3 is 11.9 Å². The number of phenolic OH excluding ortho intramolecular Hbond substituents is 2. The van der Waals surface area contributed by atoms with E-state index in [1.165, 1.54) is 13.2 Å². The lowest BCUT2D eigenvalue weighted by Crippen LogP contribution is -2.12. The minimum absolute atomic E-state index is 0.0818. The summed E-state index contributed by atoms with van der Waals surface area (Å²) in [6, 6.07) is 2.60. The first-order valence-corrected chi connectivity index (χ1v) is 9.09. The number of benzene rings is 1. The molecule has 8 heteroatoms. The molecular formula is C21H27NO7. The van der Waals surface area contributed by atoms with Gasteiger partial charge in [-0.2, -0.15) is 0 Å². The highest BCUT2D eigenvalue weighted by molar-refractivity contribution is 6.00. The normalized spacial score (nSPS) is 18.3. The molecule has 0 aliphatic carbocycles. The number of hydrogen-bond donors (Lipinski definition) is 3. The Morgan fingerprint density at radius 2 is 1.86 bits per heavy atom. The van der Waals surface area contributed by atoms with Crippen molar-refractivity contribution in [3.63, 3.8) is 0 Å². The number of methoxy groups -OCH3 is 1. The molecule has 2 rings (SSSR count). The Hall–Kier alpha value is -3.13. The van der Waals surface area contributed by atoms with Gasteiger partial charge in [-0.25, -0.2) is 9.59 Å². The lowest BCUT2D eigenvalue weighted by molar-refractivity contribution is -0.143. The fraction of sp³-hybridized carbons (Fsp3) is 0.381. The minimum Gasteiger partial charge on any atom is -0.508 e. The maximum atomic E-state index is 12.3. The van der Waals surface area contributed by atoms with Crippen LogP contribution in [0.5, 0.6) is 11.5 Å². The van der Waals surface area contributed by atoms with Gasteiger partial charge in [0.15, 0.2) is 0 Å². The fourth-order valence-corrected chi connectivity index (χ4v) is 2.46. The smallest absolute Gasteiger partial charge is 0.342 e. The van der Waals surface area contributed by atoms with E-state index in [9.17, 15) is 19.8 Å². The monoisotopic (exact) mass is 405 g/mol. The van der Waals surface area contributed by atoms with Crippen molar-refractivity contribution in [1.82, 2.24) is 0 Å². The summed E-state index contributed by atoms with van der Waals surface area (Å²) in [5.74, 6) is -1.58. The van der Waals surface area contributed by atoms with Crippen LogP contribution in [0, 0.1) is 0 Å². The Balaban J connectivity index is 0.000000612. The van der Waals surface area contributed by atoms with Crippen LogP contribution >= 0.6 is 0 Å². The van der Waals surface area contributed by atoms with Crippen LogP contribution in [-0.4, -0.2) is 60.3 Å². The molecule has 3 N–H and O–H groups in total. The zero-order valence-corrected chi connectivity index (χ0v) is 16.6. The molecule has 0 bridgehead atoms. The second kappa shape index (κ2) is 13.1. The van der Waals surface area contributed by atoms with E-state index in [2.05, 4.69) is 15.8 Å². The number of allylic oxidation sites excluding steroid dienone is 3. The molecule has 1 aromatic carbocycles. The van der Waals surface area contributed by atoms with Crippen LogP contribution in [0.25, 0.3) is 0 Å². The Bertz CT molecular complexity index is 775. The van der Waals surface area contributed by atoms with Gasteiger partial charge in [0.25, 0.3) is 0 Å². The molecule has 0 amide bonds. The summed E-state index contributed by atoms with van der Waals surface area (Å²) in [4.78, 5) is 26.2. The number of cyclic esters (lactones) is 1. The van der Waals surface area contributed by atoms with Crippen molar-refractivity contribution in [1.29, 1.82) is 0 Å². The number of hydrogen-bond acceptors (Lipinski definition) is 8. The molecule has 8 nitrogen and oxygen atoms in total. The molecule has 1 aliphatic rings. The van der Waals surface area contributed by atoms with E-state index < -0.39 is 18.5 Å². The van der Waals surface area contributed by atoms with Crippen molar-refractivity contribution in [3.8, 4) is 11.5 Å². The highest BCUT2D eigenvalue weighted by Gasteiger charge is 2.20. The van der Waals surface area contributed by atoms with Gasteiger partial charge in [-0.3, -0.25) is 4.99 Å². The molecule has 1 heterocycles. The third-order valence-electron chi connectivity index (χ3n) is 3.90. The maximum absolute atomic E-state index is 12.3. The van der Waals surface area contributed by atoms with Gasteiger partial charge in [0.05, 0.1) is 13.7 Å². The highest BCUT2D eigenvalue weighted by Crippen LogP contribution is 2.29. The quantitative estimate of drug-likeness (QED) is 0.483. The number of ether oxygens (including phenoxy) is 2. The van der Waals surface area contributed by atoms with Crippen LogP contribution in [0.4, 0.5) is 0 Å². The van der Waals surface area contributed by atoms with E-state index >= 15 is 0 Å². The third-order valence-corrected chi connectivity index (χ3v) is 3.90. The van der Waals surface area contributed by atoms with Crippen LogP contribution in [0.2, 0.25) is 0 Å². The van der Waals surface area contributed by atoms with Gasteiger partial charge in [0, 0.05) is 25.2 Å². The fourth-order valence-electron chi connectivity index (χ4n) is 2.46. The summed E-state index contributed by atoms with van der Waals surface area (Å²) >= 11 is 0. The first-order valence-electron chi connectivity index (χ1n) is 9.09. The number of aliphatic hydroxyl groups is 1. The van der Waals surface area contributed by atoms with E-state index in [-0.39, 0.29) is 23.7 Å². The first kappa shape index (κ1) is 23.9. The third kappa shape index (κ3) is 8.61. The molecule has 1 aliphatic heterocycles. The molecule has 29 heavy (non-hydrogen) atoms. The standard InChI is InChI=1S/C18H21NO4.C3H6O3/c1-19-14-8-6-4-2-3-5-7-9-23-18(22)17-13(10-14)11-15(20)12-16(17)21;1-6-3(5)2-4/h3,5-6,8,11-12,20-21H,2,4,7,9-10H2,1H3;4H,2H2,1H3/b5-3+,8-6+,19-14?;. The molecule has 0 spiro atoms. The summed E-state index contributed by atoms with van der Waals surface area (Å²) in [6.45, 7) is -0.282. The minimum atomic E-state index is -0.602. The van der Waals surface area contributed by atoms with Gasteiger partial charge in [-0.05, 0) is 37.0 Å². The summed E-state index contributed by atoms with van der Waals surface area (Å²) < 4.78 is 9.22. The van der Waals surface area contributed by atoms with E-state index in [1.54, 1.807) is 7.05 Å². The van der Waals surface area contributed by atoms with Crippen molar-refractivity contribution >= 4 is 17.7 Å². The SMILES string of the molecule is CN=C1/C=C/CC/C=C/CCOC(=O)c2c(O)cc(O)cc2C1.COC(=O)CO. The predicted molar refractivity (Wildman–Crippen MR) is 108 cm³/mol. The van der Waals surface area contributed by atoms with Gasteiger partial charge < -0.3 is 24.8 Å². The number of aliphatic imine (C=N–C) groups is 1. The molecule has 0 radical (unpaired) electrons. The molecule has 0 saturated heterocycles. The summed E-state index contributed by atoms with van der Waals surface area (Å²) in [6.07, 6.45) is 10.7. The maximum Gasteiger partial charge on any atom is 0.342 e. The summed E-state index contributed by atoms with van der Waals surface area (Å²) in [5, 5.41) is 27.6. The topological polar surface area (TPSA) is 126 Å². The van der Waals surface area contributed by atoms with Crippen LogP contribution in [0.3, 0.4) is 0 Å². The predicted octanol–water partition coefficient (Wildman–Crippen LogP) is 2.32. The van der Waals surface area contributed by atoms with Crippen LogP contribution in [-0.2, 0) is 20.7 Å². The second-order valence-corrected chi connectivity index (χ2v) is 6.00. The van der Waals surface area contributed by atoms with Crippen molar-refractivity contribution in [2.24, 2.45) is 4.99 Å². The van der Waals surface area contributed by atoms with E-state index in [0.717, 1.165) is 24.6 Å². The molecule has 0 unspecified atom stereocenters. The van der Waals surface area contributed by atoms with Crippen LogP contribution < -0.4 is 0 Å². The second-order valence-electron chi connectivity index (χ2n) is 6.00. The molecular weight excluding hydrogens is 378 g/mol. The number of esters is 2. The Morgan fingerprint density at radius 1 is 1.17 bits per heavy atom. The van der Waals surface area contributed by atoms with E-state index in [4.69, 9.17) is 9.84 Å². The number of phenols is 2. The first-order chi connectivity index (χ1) is 13.9. The molecule has 0 saturated carbocycles. The number of aromatic hydroxyl groups is 2. The van der Waals surface area contributed by atoms with Gasteiger partial charge in [0.2, 0.25) is 0 Å². The Kier molecular flexibility index (Phi) is 10.8. The largest absolute Gasteiger partial charge is 0.508 e. The molecule has 0 aromatic heterocycles. The van der Waals surface area contributed by atoms with Gasteiger partial charge in [-0.1, -0.05) is 18.2 Å². The molecule has 158 valence electrons. The number of carbonyl (C=O) groups excluding carboxylic acids is 2. The molecule has 1 aromatic rings. The highest BCUT2D eigenvalue weighted by atomic mass is 16.5. The lowest BCUT2D eigenvalue weighted by Gasteiger charge is -2.12. The summed E-state index contributed by atoms with van der Waals surface area (Å²) in [7, 11) is 2.89. The van der Waals surface area contributed by atoms with Gasteiger partial charge in [0.1, 0.15) is 23.7 Å². The van der Waals surface area contributed by atoms with Crippen molar-refractivity contribution in [2.75, 3.05) is 27.4 Å². The number of carbonyl (C=O) groups is 2. The van der Waals surface area contributed by atoms with Crippen molar-refractivity contribution < 1.29 is 34.4 Å². The van der Waals surface area contributed by atoms with Crippen LogP contribution in [0.1, 0.15) is 35.2 Å².